The Morgan fingerprint density at radius 2 is 1.60 bits per heavy atom. The van der Waals surface area contributed by atoms with E-state index in [4.69, 9.17) is 0 Å². The standard InChI is InChI=1S/C7H10.C2H7N/c1-3-5-7-6-4-2;1-3-2/h3-7H,1H2,2H3;3H,1-2H3/b6-4-,7-5-;. The van der Waals surface area contributed by atoms with E-state index in [0.29, 0.717) is 0 Å². The van der Waals surface area contributed by atoms with Crippen LogP contribution in [0.2, 0.25) is 0 Å². The molecule has 0 spiro atoms. The summed E-state index contributed by atoms with van der Waals surface area (Å²) in [4.78, 5) is 0. The van der Waals surface area contributed by atoms with Crippen molar-refractivity contribution in [3.63, 3.8) is 0 Å². The van der Waals surface area contributed by atoms with Crippen LogP contribution < -0.4 is 5.32 Å². The molecule has 0 bridgehead atoms. The van der Waals surface area contributed by atoms with Crippen molar-refractivity contribution in [2.45, 2.75) is 6.92 Å². The van der Waals surface area contributed by atoms with Gasteiger partial charge in [0.2, 0.25) is 0 Å². The van der Waals surface area contributed by atoms with Crippen LogP contribution in [-0.4, -0.2) is 14.1 Å². The lowest BCUT2D eigenvalue weighted by Crippen LogP contribution is -1.89. The zero-order valence-corrected chi connectivity index (χ0v) is 7.09. The molecule has 0 aliphatic rings. The lowest BCUT2D eigenvalue weighted by molar-refractivity contribution is 1.02. The third kappa shape index (κ3) is 27.1. The van der Waals surface area contributed by atoms with Crippen molar-refractivity contribution < 1.29 is 0 Å². The van der Waals surface area contributed by atoms with Crippen LogP contribution in [0, 0.1) is 0 Å². The molecule has 0 rings (SSSR count). The predicted octanol–water partition coefficient (Wildman–Crippen LogP) is 2.14. The molecule has 0 aliphatic heterocycles. The molecule has 1 nitrogen and oxygen atoms in total. The Hall–Kier alpha value is -0.820. The highest BCUT2D eigenvalue weighted by molar-refractivity contribution is 5.07. The molecule has 1 N–H and O–H groups in total. The van der Waals surface area contributed by atoms with Crippen LogP contribution in [0.25, 0.3) is 0 Å². The first-order valence-electron chi connectivity index (χ1n) is 3.32. The van der Waals surface area contributed by atoms with Crippen LogP contribution in [0.1, 0.15) is 6.92 Å². The maximum absolute atomic E-state index is 3.51. The molecular formula is C9H17N. The summed E-state index contributed by atoms with van der Waals surface area (Å²) in [7, 11) is 3.75. The van der Waals surface area contributed by atoms with Gasteiger partial charge in [0.05, 0.1) is 0 Å². The summed E-state index contributed by atoms with van der Waals surface area (Å²) in [5.74, 6) is 0. The average Bonchev–Trinajstić information content (AvgIpc) is 1.91. The van der Waals surface area contributed by atoms with Crippen LogP contribution in [-0.2, 0) is 0 Å². The highest BCUT2D eigenvalue weighted by Gasteiger charge is 1.52. The minimum atomic E-state index is 1.75. The van der Waals surface area contributed by atoms with Crippen molar-refractivity contribution in [3.8, 4) is 0 Å². The fraction of sp³-hybridized carbons (Fsp3) is 0.333. The molecule has 0 unspecified atom stereocenters. The summed E-state index contributed by atoms with van der Waals surface area (Å²) < 4.78 is 0. The topological polar surface area (TPSA) is 12.0 Å². The van der Waals surface area contributed by atoms with Gasteiger partial charge in [-0.15, -0.1) is 0 Å². The molecule has 10 heavy (non-hydrogen) atoms. The zero-order valence-electron chi connectivity index (χ0n) is 7.09. The first-order chi connectivity index (χ1) is 4.83. The van der Waals surface area contributed by atoms with E-state index in [2.05, 4.69) is 11.9 Å². The second-order valence-electron chi connectivity index (χ2n) is 1.65. The van der Waals surface area contributed by atoms with Crippen LogP contribution in [0.4, 0.5) is 0 Å². The van der Waals surface area contributed by atoms with E-state index in [9.17, 15) is 0 Å². The third-order valence-electron chi connectivity index (χ3n) is 0.551. The number of hydrogen-bond donors (Lipinski definition) is 1. The number of nitrogens with one attached hydrogen (secondary N) is 1. The second kappa shape index (κ2) is 15.7. The van der Waals surface area contributed by atoms with Crippen molar-refractivity contribution in [2.75, 3.05) is 14.1 Å². The van der Waals surface area contributed by atoms with Gasteiger partial charge in [-0.2, -0.15) is 0 Å². The highest BCUT2D eigenvalue weighted by atomic mass is 14.7. The van der Waals surface area contributed by atoms with Gasteiger partial charge in [0.1, 0.15) is 0 Å². The zero-order chi connectivity index (χ0) is 8.24. The lowest BCUT2D eigenvalue weighted by atomic mass is 10.4. The molecular weight excluding hydrogens is 122 g/mol. The average molecular weight is 139 g/mol. The van der Waals surface area contributed by atoms with Gasteiger partial charge in [0, 0.05) is 0 Å². The van der Waals surface area contributed by atoms with Crippen LogP contribution in [0.5, 0.6) is 0 Å². The predicted molar refractivity (Wildman–Crippen MR) is 49.1 cm³/mol. The Morgan fingerprint density at radius 3 is 1.90 bits per heavy atom. The van der Waals surface area contributed by atoms with Crippen molar-refractivity contribution in [3.05, 3.63) is 37.0 Å². The first-order valence-corrected chi connectivity index (χ1v) is 3.32. The number of hydrogen-bond acceptors (Lipinski definition) is 1. The number of allylic oxidation sites excluding steroid dienone is 5. The summed E-state index contributed by atoms with van der Waals surface area (Å²) in [5, 5.41) is 2.75. The van der Waals surface area contributed by atoms with Gasteiger partial charge in [-0.05, 0) is 21.0 Å². The van der Waals surface area contributed by atoms with E-state index in [1.807, 2.05) is 45.3 Å². The molecule has 0 saturated heterocycles. The molecule has 0 saturated carbocycles. The van der Waals surface area contributed by atoms with Gasteiger partial charge >= 0.3 is 0 Å². The Morgan fingerprint density at radius 1 is 1.10 bits per heavy atom. The van der Waals surface area contributed by atoms with Crippen LogP contribution in [0.3, 0.4) is 0 Å². The van der Waals surface area contributed by atoms with Gasteiger partial charge in [-0.3, -0.25) is 0 Å². The molecule has 0 heterocycles. The van der Waals surface area contributed by atoms with E-state index in [1.54, 1.807) is 6.08 Å². The molecule has 0 aromatic carbocycles. The Balaban J connectivity index is 0. The molecule has 0 amide bonds. The Bertz CT molecular complexity index is 101. The van der Waals surface area contributed by atoms with Gasteiger partial charge in [-0.1, -0.05) is 37.0 Å². The molecule has 0 aromatic rings. The van der Waals surface area contributed by atoms with Crippen molar-refractivity contribution in [1.82, 2.24) is 5.32 Å². The van der Waals surface area contributed by atoms with Crippen molar-refractivity contribution in [1.29, 1.82) is 0 Å². The molecule has 58 valence electrons. The van der Waals surface area contributed by atoms with E-state index >= 15 is 0 Å². The lowest BCUT2D eigenvalue weighted by Gasteiger charge is -1.65. The SMILES string of the molecule is C=C/C=C\C=C/C.CNC. The van der Waals surface area contributed by atoms with E-state index in [1.165, 1.54) is 0 Å². The molecule has 0 aromatic heterocycles. The Kier molecular flexibility index (Phi) is 18.7. The minimum Gasteiger partial charge on any atom is -0.323 e. The fourth-order valence-electron chi connectivity index (χ4n) is 0.254. The van der Waals surface area contributed by atoms with E-state index in [0.717, 1.165) is 0 Å². The van der Waals surface area contributed by atoms with Gasteiger partial charge in [-0.25, -0.2) is 0 Å². The van der Waals surface area contributed by atoms with Gasteiger partial charge in [0.25, 0.3) is 0 Å². The number of rotatable bonds is 2. The largest absolute Gasteiger partial charge is 0.323 e. The van der Waals surface area contributed by atoms with Crippen LogP contribution in [0.15, 0.2) is 37.0 Å². The Labute approximate surface area is 64.1 Å². The van der Waals surface area contributed by atoms with E-state index in [-0.39, 0.29) is 0 Å². The van der Waals surface area contributed by atoms with Crippen LogP contribution >= 0.6 is 0 Å². The molecule has 0 aliphatic carbocycles. The summed E-state index contributed by atoms with van der Waals surface area (Å²) in [6.07, 6.45) is 9.51. The highest BCUT2D eigenvalue weighted by Crippen LogP contribution is 1.74. The van der Waals surface area contributed by atoms with Crippen molar-refractivity contribution in [2.24, 2.45) is 0 Å². The third-order valence-corrected chi connectivity index (χ3v) is 0.551. The van der Waals surface area contributed by atoms with Gasteiger partial charge in [0.15, 0.2) is 0 Å². The molecule has 1 heteroatoms. The van der Waals surface area contributed by atoms with E-state index < -0.39 is 0 Å². The quantitative estimate of drug-likeness (QED) is 0.578. The fourth-order valence-corrected chi connectivity index (χ4v) is 0.254. The maximum atomic E-state index is 3.51. The smallest absolute Gasteiger partial charge is 0.0167 e. The summed E-state index contributed by atoms with van der Waals surface area (Å²) in [6.45, 7) is 5.49. The molecule has 0 radical (unpaired) electrons. The molecule has 0 fully saturated rings. The normalized spacial score (nSPS) is 9.50. The van der Waals surface area contributed by atoms with Gasteiger partial charge < -0.3 is 5.32 Å². The maximum Gasteiger partial charge on any atom is -0.0167 e. The summed E-state index contributed by atoms with van der Waals surface area (Å²) in [5.41, 5.74) is 0. The summed E-state index contributed by atoms with van der Waals surface area (Å²) in [6, 6.07) is 0. The van der Waals surface area contributed by atoms with Crippen molar-refractivity contribution >= 4 is 0 Å². The monoisotopic (exact) mass is 139 g/mol. The minimum absolute atomic E-state index is 1.75. The molecule has 0 atom stereocenters. The first kappa shape index (κ1) is 11.9. The second-order valence-corrected chi connectivity index (χ2v) is 1.65. The summed E-state index contributed by atoms with van der Waals surface area (Å²) >= 11 is 0.